The average molecular weight is 260 g/mol. The Balaban J connectivity index is 2.33. The number of hydrogen-bond donors (Lipinski definition) is 0. The molecule has 1 aromatic heterocycles. The third-order valence-corrected chi connectivity index (χ3v) is 3.77. The van der Waals surface area contributed by atoms with Crippen molar-refractivity contribution in [3.63, 3.8) is 0 Å². The highest BCUT2D eigenvalue weighted by Crippen LogP contribution is 2.36. The van der Waals surface area contributed by atoms with E-state index in [1.807, 2.05) is 33.8 Å². The summed E-state index contributed by atoms with van der Waals surface area (Å²) in [6.07, 6.45) is 1.62. The van der Waals surface area contributed by atoms with Crippen molar-refractivity contribution in [1.82, 2.24) is 4.57 Å². The highest BCUT2D eigenvalue weighted by atomic mass is 16.7. The van der Waals surface area contributed by atoms with Crippen molar-refractivity contribution in [2.24, 2.45) is 0 Å². The van der Waals surface area contributed by atoms with E-state index in [0.717, 1.165) is 5.46 Å². The van der Waals surface area contributed by atoms with Crippen molar-refractivity contribution in [3.8, 4) is 6.07 Å². The van der Waals surface area contributed by atoms with Crippen LogP contribution in [0.1, 0.15) is 27.7 Å². The van der Waals surface area contributed by atoms with Crippen molar-refractivity contribution in [1.29, 1.82) is 5.26 Å². The van der Waals surface area contributed by atoms with Crippen LogP contribution in [-0.2, 0) is 15.9 Å². The van der Waals surface area contributed by atoms with E-state index in [1.165, 1.54) is 10.6 Å². The van der Waals surface area contributed by atoms with E-state index in [4.69, 9.17) is 14.6 Å². The number of rotatable bonds is 2. The van der Waals surface area contributed by atoms with Crippen molar-refractivity contribution < 1.29 is 9.31 Å². The van der Waals surface area contributed by atoms with Crippen LogP contribution in [-0.4, -0.2) is 22.9 Å². The summed E-state index contributed by atoms with van der Waals surface area (Å²) in [5.41, 5.74) is -0.308. The van der Waals surface area contributed by atoms with E-state index < -0.39 is 18.3 Å². The van der Waals surface area contributed by atoms with Crippen LogP contribution in [0.4, 0.5) is 0 Å². The molecule has 2 rings (SSSR count). The highest BCUT2D eigenvalue weighted by molar-refractivity contribution is 6.62. The van der Waals surface area contributed by atoms with Crippen molar-refractivity contribution in [2.45, 2.75) is 45.4 Å². The Morgan fingerprint density at radius 1 is 1.26 bits per heavy atom. The summed E-state index contributed by atoms with van der Waals surface area (Å²) in [4.78, 5) is 11.6. The fourth-order valence-electron chi connectivity index (χ4n) is 1.87. The van der Waals surface area contributed by atoms with Gasteiger partial charge in [0.1, 0.15) is 6.54 Å². The van der Waals surface area contributed by atoms with Gasteiger partial charge in [-0.05, 0) is 33.2 Å². The second-order valence-electron chi connectivity index (χ2n) is 5.67. The summed E-state index contributed by atoms with van der Waals surface area (Å²) < 4.78 is 13.2. The van der Waals surface area contributed by atoms with E-state index >= 15 is 0 Å². The van der Waals surface area contributed by atoms with Crippen LogP contribution in [0.25, 0.3) is 0 Å². The molecule has 0 amide bonds. The molecule has 1 aliphatic heterocycles. The largest absolute Gasteiger partial charge is 0.496 e. The Morgan fingerprint density at radius 3 is 2.37 bits per heavy atom. The number of pyridine rings is 1. The quantitative estimate of drug-likeness (QED) is 0.733. The van der Waals surface area contributed by atoms with Gasteiger partial charge in [-0.2, -0.15) is 5.26 Å². The summed E-state index contributed by atoms with van der Waals surface area (Å²) in [6, 6.07) is 5.06. The smallest absolute Gasteiger partial charge is 0.399 e. The lowest BCUT2D eigenvalue weighted by Crippen LogP contribution is -2.41. The van der Waals surface area contributed by atoms with Gasteiger partial charge in [0.25, 0.3) is 5.56 Å². The maximum atomic E-state index is 11.6. The molecule has 1 aliphatic rings. The number of aromatic nitrogens is 1. The van der Waals surface area contributed by atoms with Crippen LogP contribution < -0.4 is 11.0 Å². The fraction of sp³-hybridized carbons (Fsp3) is 0.538. The number of hydrogen-bond acceptors (Lipinski definition) is 4. The van der Waals surface area contributed by atoms with Gasteiger partial charge in [0.05, 0.1) is 17.3 Å². The molecule has 1 saturated heterocycles. The van der Waals surface area contributed by atoms with Crippen molar-refractivity contribution in [3.05, 3.63) is 28.7 Å². The summed E-state index contributed by atoms with van der Waals surface area (Å²) in [7, 11) is -0.518. The molecule has 19 heavy (non-hydrogen) atoms. The highest BCUT2D eigenvalue weighted by Gasteiger charge is 2.51. The van der Waals surface area contributed by atoms with Crippen molar-refractivity contribution in [2.75, 3.05) is 0 Å². The average Bonchev–Trinajstić information content (AvgIpc) is 2.51. The lowest BCUT2D eigenvalue weighted by Gasteiger charge is -2.32. The van der Waals surface area contributed by atoms with Crippen LogP contribution in [0.15, 0.2) is 23.1 Å². The first-order valence-electron chi connectivity index (χ1n) is 6.20. The van der Waals surface area contributed by atoms with Gasteiger partial charge in [-0.25, -0.2) is 0 Å². The van der Waals surface area contributed by atoms with Crippen molar-refractivity contribution >= 4 is 12.6 Å². The monoisotopic (exact) mass is 260 g/mol. The molecule has 6 heteroatoms. The molecule has 100 valence electrons. The molecule has 0 atom stereocenters. The summed E-state index contributed by atoms with van der Waals surface area (Å²) in [5.74, 6) is 0. The maximum Gasteiger partial charge on any atom is 0.496 e. The van der Waals surface area contributed by atoms with E-state index in [9.17, 15) is 4.79 Å². The predicted molar refractivity (Wildman–Crippen MR) is 72.0 cm³/mol. The van der Waals surface area contributed by atoms with Gasteiger partial charge in [-0.1, -0.05) is 6.07 Å². The van der Waals surface area contributed by atoms with Crippen LogP contribution in [0.3, 0.4) is 0 Å². The standard InChI is InChI=1S/C13H17BN2O3/c1-12(2)13(3,4)19-14(18-12)10-5-6-11(17)16(9-10)8-7-15/h5-6,9H,8H2,1-4H3. The second kappa shape index (κ2) is 4.51. The SMILES string of the molecule is CC1(C)OB(c2ccc(=O)n(CC#N)c2)OC1(C)C. The summed E-state index contributed by atoms with van der Waals surface area (Å²) >= 11 is 0. The molecule has 1 fully saturated rings. The Morgan fingerprint density at radius 2 is 1.84 bits per heavy atom. The topological polar surface area (TPSA) is 64.2 Å². The molecule has 0 aliphatic carbocycles. The first-order valence-corrected chi connectivity index (χ1v) is 6.20. The van der Waals surface area contributed by atoms with E-state index in [1.54, 1.807) is 12.3 Å². The van der Waals surface area contributed by atoms with Gasteiger partial charge in [0.2, 0.25) is 0 Å². The lowest BCUT2D eigenvalue weighted by atomic mass is 9.80. The van der Waals surface area contributed by atoms with E-state index in [2.05, 4.69) is 0 Å². The van der Waals surface area contributed by atoms with Gasteiger partial charge in [-0.15, -0.1) is 0 Å². The van der Waals surface area contributed by atoms with E-state index in [-0.39, 0.29) is 12.1 Å². The fourth-order valence-corrected chi connectivity index (χ4v) is 1.87. The lowest BCUT2D eigenvalue weighted by molar-refractivity contribution is 0.00578. The Hall–Kier alpha value is -1.58. The van der Waals surface area contributed by atoms with Crippen LogP contribution in [0.2, 0.25) is 0 Å². The minimum atomic E-state index is -0.518. The van der Waals surface area contributed by atoms with Gasteiger partial charge in [0.15, 0.2) is 0 Å². The molecule has 0 spiro atoms. The molecule has 1 aromatic rings. The molecule has 0 radical (unpaired) electrons. The normalized spacial score (nSPS) is 20.3. The Labute approximate surface area is 112 Å². The second-order valence-corrected chi connectivity index (χ2v) is 5.67. The first kappa shape index (κ1) is 13.8. The predicted octanol–water partition coefficient (Wildman–Crippen LogP) is 0.671. The summed E-state index contributed by atoms with van der Waals surface area (Å²) in [5, 5.41) is 8.69. The van der Waals surface area contributed by atoms with Gasteiger partial charge in [0, 0.05) is 12.3 Å². The van der Waals surface area contributed by atoms with Gasteiger partial charge >= 0.3 is 7.12 Å². The summed E-state index contributed by atoms with van der Waals surface area (Å²) in [6.45, 7) is 7.90. The molecule has 0 N–H and O–H groups in total. The zero-order valence-electron chi connectivity index (χ0n) is 11.6. The third-order valence-electron chi connectivity index (χ3n) is 3.77. The Bertz CT molecular complexity index is 570. The number of nitrogens with zero attached hydrogens (tertiary/aromatic N) is 2. The first-order chi connectivity index (χ1) is 8.77. The van der Waals surface area contributed by atoms with Crippen LogP contribution >= 0.6 is 0 Å². The number of nitriles is 1. The molecule has 0 bridgehead atoms. The minimum absolute atomic E-state index is 0.0200. The van der Waals surface area contributed by atoms with Crippen LogP contribution in [0.5, 0.6) is 0 Å². The molecule has 0 aromatic carbocycles. The molecule has 5 nitrogen and oxygen atoms in total. The zero-order chi connectivity index (χ0) is 14.3. The maximum absolute atomic E-state index is 11.6. The minimum Gasteiger partial charge on any atom is -0.399 e. The molecular formula is C13H17BN2O3. The molecule has 0 unspecified atom stereocenters. The van der Waals surface area contributed by atoms with Gasteiger partial charge < -0.3 is 13.9 Å². The molecule has 2 heterocycles. The zero-order valence-corrected chi connectivity index (χ0v) is 11.6. The van der Waals surface area contributed by atoms with E-state index in [0.29, 0.717) is 0 Å². The van der Waals surface area contributed by atoms with Gasteiger partial charge in [-0.3, -0.25) is 4.79 Å². The molecule has 0 saturated carbocycles. The Kier molecular flexibility index (Phi) is 3.29. The third kappa shape index (κ3) is 2.44. The molecular weight excluding hydrogens is 243 g/mol. The van der Waals surface area contributed by atoms with Crippen LogP contribution in [0, 0.1) is 11.3 Å².